The van der Waals surface area contributed by atoms with Crippen molar-refractivity contribution in [3.05, 3.63) is 29.8 Å². The predicted molar refractivity (Wildman–Crippen MR) is 123 cm³/mol. The Balaban J connectivity index is 0.00000392. The summed E-state index contributed by atoms with van der Waals surface area (Å²) in [5.74, 6) is 1.70. The van der Waals surface area contributed by atoms with Gasteiger partial charge in [0.25, 0.3) is 0 Å². The van der Waals surface area contributed by atoms with E-state index in [4.69, 9.17) is 9.47 Å². The van der Waals surface area contributed by atoms with E-state index >= 15 is 0 Å². The molecule has 7 nitrogen and oxygen atoms in total. The van der Waals surface area contributed by atoms with Gasteiger partial charge in [0.05, 0.1) is 13.7 Å². The summed E-state index contributed by atoms with van der Waals surface area (Å²) in [4.78, 5) is 18.2. The van der Waals surface area contributed by atoms with E-state index in [-0.39, 0.29) is 30.1 Å². The molecule has 28 heavy (non-hydrogen) atoms. The zero-order chi connectivity index (χ0) is 19.5. The Kier molecular flexibility index (Phi) is 11.7. The second kappa shape index (κ2) is 13.5. The Morgan fingerprint density at radius 2 is 1.89 bits per heavy atom. The fraction of sp³-hybridized carbons (Fsp3) is 0.600. The normalized spacial score (nSPS) is 14.8. The van der Waals surface area contributed by atoms with Gasteiger partial charge in [-0.05, 0) is 50.8 Å². The lowest BCUT2D eigenvalue weighted by Gasteiger charge is -2.32. The highest BCUT2D eigenvalue weighted by atomic mass is 127. The van der Waals surface area contributed by atoms with E-state index < -0.39 is 0 Å². The summed E-state index contributed by atoms with van der Waals surface area (Å²) in [6.07, 6.45) is 2.45. The minimum atomic E-state index is -0.212. The number of piperidine rings is 1. The highest BCUT2D eigenvalue weighted by Gasteiger charge is 2.23. The molecule has 1 aromatic carbocycles. The van der Waals surface area contributed by atoms with Crippen LogP contribution in [0.2, 0.25) is 0 Å². The van der Waals surface area contributed by atoms with Crippen molar-refractivity contribution in [1.29, 1.82) is 0 Å². The van der Waals surface area contributed by atoms with Gasteiger partial charge in [-0.25, -0.2) is 4.79 Å². The molecule has 0 aliphatic carbocycles. The largest absolute Gasteiger partial charge is 0.497 e. The van der Waals surface area contributed by atoms with Crippen molar-refractivity contribution >= 4 is 36.0 Å². The van der Waals surface area contributed by atoms with E-state index in [1.807, 2.05) is 19.1 Å². The molecule has 1 heterocycles. The van der Waals surface area contributed by atoms with Gasteiger partial charge in [0.1, 0.15) is 5.75 Å². The molecule has 1 aromatic rings. The van der Waals surface area contributed by atoms with E-state index in [0.717, 1.165) is 37.5 Å². The number of benzene rings is 1. The number of methoxy groups -OCH3 is 1. The maximum absolute atomic E-state index is 11.8. The maximum Gasteiger partial charge on any atom is 0.409 e. The summed E-state index contributed by atoms with van der Waals surface area (Å²) in [6, 6.07) is 8.40. The number of nitrogens with one attached hydrogen (secondary N) is 2. The van der Waals surface area contributed by atoms with Crippen LogP contribution in [0.3, 0.4) is 0 Å². The molecule has 0 aromatic heterocycles. The molecule has 1 aliphatic rings. The highest BCUT2D eigenvalue weighted by Crippen LogP contribution is 2.13. The second-order valence-corrected chi connectivity index (χ2v) is 6.46. The quantitative estimate of drug-likeness (QED) is 0.339. The number of likely N-dealkylation sites (tertiary alicyclic amines) is 1. The van der Waals surface area contributed by atoms with Crippen molar-refractivity contribution in [3.63, 3.8) is 0 Å². The minimum Gasteiger partial charge on any atom is -0.497 e. The van der Waals surface area contributed by atoms with Gasteiger partial charge >= 0.3 is 6.09 Å². The summed E-state index contributed by atoms with van der Waals surface area (Å²) >= 11 is 0. The Bertz CT molecular complexity index is 602. The Morgan fingerprint density at radius 1 is 1.21 bits per heavy atom. The third-order valence-corrected chi connectivity index (χ3v) is 4.54. The van der Waals surface area contributed by atoms with E-state index in [9.17, 15) is 4.79 Å². The average Bonchev–Trinajstić information content (AvgIpc) is 2.69. The molecule has 1 fully saturated rings. The molecule has 1 saturated heterocycles. The number of nitrogens with zero attached hydrogens (tertiary/aromatic N) is 2. The molecule has 2 N–H and O–H groups in total. The molecule has 1 amide bonds. The van der Waals surface area contributed by atoms with Gasteiger partial charge in [0.2, 0.25) is 0 Å². The molecule has 158 valence electrons. The van der Waals surface area contributed by atoms with Gasteiger partial charge in [-0.1, -0.05) is 12.1 Å². The Labute approximate surface area is 185 Å². The van der Waals surface area contributed by atoms with Crippen LogP contribution in [0.25, 0.3) is 0 Å². The minimum absolute atomic E-state index is 0. The van der Waals surface area contributed by atoms with Gasteiger partial charge < -0.3 is 25.0 Å². The predicted octanol–water partition coefficient (Wildman–Crippen LogP) is 3.03. The molecule has 0 spiro atoms. The SMILES string of the molecule is CCNC(=NCCc1ccc(OC)cc1)NC1CCN(C(=O)OCC)CC1.I. The molecule has 0 bridgehead atoms. The number of halogens is 1. The average molecular weight is 504 g/mol. The van der Waals surface area contributed by atoms with Crippen molar-refractivity contribution in [3.8, 4) is 5.75 Å². The first-order valence-corrected chi connectivity index (χ1v) is 9.75. The molecular weight excluding hydrogens is 471 g/mol. The van der Waals surface area contributed by atoms with Gasteiger partial charge in [-0.2, -0.15) is 0 Å². The lowest BCUT2D eigenvalue weighted by atomic mass is 10.1. The van der Waals surface area contributed by atoms with E-state index in [2.05, 4.69) is 34.7 Å². The third-order valence-electron chi connectivity index (χ3n) is 4.54. The second-order valence-electron chi connectivity index (χ2n) is 6.46. The van der Waals surface area contributed by atoms with Crippen LogP contribution in [0.15, 0.2) is 29.3 Å². The van der Waals surface area contributed by atoms with Crippen molar-refractivity contribution in [2.24, 2.45) is 4.99 Å². The molecule has 0 saturated carbocycles. The van der Waals surface area contributed by atoms with Crippen LogP contribution in [-0.2, 0) is 11.2 Å². The fourth-order valence-corrected chi connectivity index (χ4v) is 3.02. The Hall–Kier alpha value is -1.71. The number of carbonyl (C=O) groups excluding carboxylic acids is 1. The summed E-state index contributed by atoms with van der Waals surface area (Å²) < 4.78 is 10.3. The number of carbonyl (C=O) groups is 1. The standard InChI is InChI=1S/C20H32N4O3.HI/c1-4-21-19(22-13-10-16-6-8-18(26-3)9-7-16)23-17-11-14-24(15-12-17)20(25)27-5-2;/h6-9,17H,4-5,10-15H2,1-3H3,(H2,21,22,23);1H. The molecule has 2 rings (SSSR count). The van der Waals surface area contributed by atoms with Gasteiger partial charge in [-0.3, -0.25) is 4.99 Å². The smallest absolute Gasteiger partial charge is 0.409 e. The maximum atomic E-state index is 11.8. The first-order chi connectivity index (χ1) is 13.2. The number of aliphatic imine (C=N–C) groups is 1. The van der Waals surface area contributed by atoms with Crippen molar-refractivity contribution in [1.82, 2.24) is 15.5 Å². The van der Waals surface area contributed by atoms with Crippen LogP contribution in [0.5, 0.6) is 5.75 Å². The lowest BCUT2D eigenvalue weighted by Crippen LogP contribution is -2.50. The van der Waals surface area contributed by atoms with Gasteiger partial charge in [0.15, 0.2) is 5.96 Å². The van der Waals surface area contributed by atoms with Crippen LogP contribution in [0.4, 0.5) is 4.79 Å². The number of rotatable bonds is 7. The van der Waals surface area contributed by atoms with Crippen LogP contribution in [0, 0.1) is 0 Å². The van der Waals surface area contributed by atoms with Crippen LogP contribution >= 0.6 is 24.0 Å². The third kappa shape index (κ3) is 8.12. The van der Waals surface area contributed by atoms with Crippen LogP contribution in [0.1, 0.15) is 32.3 Å². The summed E-state index contributed by atoms with van der Waals surface area (Å²) in [6.45, 7) is 7.26. The van der Waals surface area contributed by atoms with Crippen LogP contribution < -0.4 is 15.4 Å². The highest BCUT2D eigenvalue weighted by molar-refractivity contribution is 14.0. The van der Waals surface area contributed by atoms with E-state index in [1.54, 1.807) is 12.0 Å². The monoisotopic (exact) mass is 504 g/mol. The zero-order valence-corrected chi connectivity index (χ0v) is 19.4. The van der Waals surface area contributed by atoms with E-state index in [1.165, 1.54) is 5.56 Å². The van der Waals surface area contributed by atoms with Crippen molar-refractivity contribution in [2.45, 2.75) is 39.2 Å². The number of hydrogen-bond acceptors (Lipinski definition) is 4. The van der Waals surface area contributed by atoms with Gasteiger partial charge in [0, 0.05) is 32.2 Å². The first kappa shape index (κ1) is 24.3. The fourth-order valence-electron chi connectivity index (χ4n) is 3.02. The number of guanidine groups is 1. The van der Waals surface area contributed by atoms with Crippen LogP contribution in [-0.4, -0.2) is 62.9 Å². The van der Waals surface area contributed by atoms with E-state index in [0.29, 0.717) is 32.3 Å². The van der Waals surface area contributed by atoms with Crippen molar-refractivity contribution < 1.29 is 14.3 Å². The molecule has 8 heteroatoms. The summed E-state index contributed by atoms with van der Waals surface area (Å²) in [5, 5.41) is 6.80. The number of ether oxygens (including phenoxy) is 2. The zero-order valence-electron chi connectivity index (χ0n) is 17.1. The Morgan fingerprint density at radius 3 is 2.46 bits per heavy atom. The molecule has 1 aliphatic heterocycles. The summed E-state index contributed by atoms with van der Waals surface area (Å²) in [5.41, 5.74) is 1.23. The summed E-state index contributed by atoms with van der Waals surface area (Å²) in [7, 11) is 1.67. The molecule has 0 atom stereocenters. The topological polar surface area (TPSA) is 75.2 Å². The first-order valence-electron chi connectivity index (χ1n) is 9.75. The molecule has 0 radical (unpaired) electrons. The van der Waals surface area contributed by atoms with Crippen molar-refractivity contribution in [2.75, 3.05) is 39.9 Å². The van der Waals surface area contributed by atoms with Gasteiger partial charge in [-0.15, -0.1) is 24.0 Å². The molecule has 0 unspecified atom stereocenters. The lowest BCUT2D eigenvalue weighted by molar-refractivity contribution is 0.0963. The molecular formula is C20H33IN4O3. The number of hydrogen-bond donors (Lipinski definition) is 2. The number of amides is 1.